The van der Waals surface area contributed by atoms with Gasteiger partial charge in [-0.3, -0.25) is 4.90 Å². The lowest BCUT2D eigenvalue weighted by atomic mass is 10.4. The van der Waals surface area contributed by atoms with Crippen LogP contribution in [-0.4, -0.2) is 36.3 Å². The van der Waals surface area contributed by atoms with Gasteiger partial charge in [-0.1, -0.05) is 0 Å². The molecule has 3 heteroatoms. The van der Waals surface area contributed by atoms with Gasteiger partial charge in [0.25, 0.3) is 0 Å². The first-order valence-corrected chi connectivity index (χ1v) is 3.34. The van der Waals surface area contributed by atoms with Crippen LogP contribution in [-0.2, 0) is 0 Å². The smallest absolute Gasteiger partial charge is 0.0736 e. The van der Waals surface area contributed by atoms with Crippen LogP contribution in [0.2, 0.25) is 0 Å². The molecule has 0 aromatic rings. The lowest BCUT2D eigenvalue weighted by Gasteiger charge is -2.18. The van der Waals surface area contributed by atoms with Gasteiger partial charge in [-0.2, -0.15) is 0 Å². The molecule has 0 aromatic carbocycles. The molecule has 0 saturated carbocycles. The molecule has 1 saturated heterocycles. The topological polar surface area (TPSA) is 18.5 Å². The zero-order valence-electron chi connectivity index (χ0n) is 6.55. The zero-order chi connectivity index (χ0) is 7.02. The predicted octanol–water partition coefficient (Wildman–Crippen LogP) is 0.0602. The summed E-state index contributed by atoms with van der Waals surface area (Å²) in [5, 5.41) is 2.12. The maximum atomic E-state index is 3.28. The van der Waals surface area contributed by atoms with Crippen LogP contribution in [0.25, 0.3) is 0 Å². The summed E-state index contributed by atoms with van der Waals surface area (Å²) in [5.41, 5.74) is 3.28. The number of nitrogens with zero attached hydrogens (tertiary/aromatic N) is 2. The maximum absolute atomic E-state index is 3.28. The standard InChI is InChI=1S/C6H15N3/c1-5-7-9(4)6(2)8(5)3/h5-7H,1-4H3. The largest absolute Gasteiger partial charge is 0.274 e. The normalized spacial score (nSPS) is 40.0. The van der Waals surface area contributed by atoms with E-state index in [4.69, 9.17) is 0 Å². The van der Waals surface area contributed by atoms with Gasteiger partial charge in [0.05, 0.1) is 12.3 Å². The number of hydrogen-bond acceptors (Lipinski definition) is 3. The lowest BCUT2D eigenvalue weighted by molar-refractivity contribution is 0.180. The van der Waals surface area contributed by atoms with Crippen LogP contribution in [0, 0.1) is 0 Å². The van der Waals surface area contributed by atoms with Crippen molar-refractivity contribution in [3.05, 3.63) is 0 Å². The summed E-state index contributed by atoms with van der Waals surface area (Å²) in [6, 6.07) is 0. The highest BCUT2D eigenvalue weighted by Gasteiger charge is 2.27. The van der Waals surface area contributed by atoms with E-state index >= 15 is 0 Å². The molecule has 2 atom stereocenters. The molecule has 54 valence electrons. The van der Waals surface area contributed by atoms with E-state index in [1.807, 2.05) is 0 Å². The van der Waals surface area contributed by atoms with Crippen molar-refractivity contribution in [2.45, 2.75) is 26.2 Å². The van der Waals surface area contributed by atoms with Crippen LogP contribution < -0.4 is 5.43 Å². The van der Waals surface area contributed by atoms with Crippen molar-refractivity contribution in [1.82, 2.24) is 15.3 Å². The average molecular weight is 129 g/mol. The summed E-state index contributed by atoms with van der Waals surface area (Å²) in [6.45, 7) is 4.33. The van der Waals surface area contributed by atoms with E-state index in [1.165, 1.54) is 0 Å². The van der Waals surface area contributed by atoms with Gasteiger partial charge in [-0.25, -0.2) is 10.4 Å². The maximum Gasteiger partial charge on any atom is 0.0736 e. The van der Waals surface area contributed by atoms with Crippen molar-refractivity contribution in [3.8, 4) is 0 Å². The Hall–Kier alpha value is -0.120. The third kappa shape index (κ3) is 1.08. The summed E-state index contributed by atoms with van der Waals surface area (Å²) in [4.78, 5) is 2.28. The fourth-order valence-corrected chi connectivity index (χ4v) is 1.09. The van der Waals surface area contributed by atoms with Crippen LogP contribution >= 0.6 is 0 Å². The molecule has 0 bridgehead atoms. The molecule has 1 fully saturated rings. The Kier molecular flexibility index (Phi) is 1.75. The molecule has 2 unspecified atom stereocenters. The first-order valence-electron chi connectivity index (χ1n) is 3.34. The Balaban J connectivity index is 2.54. The van der Waals surface area contributed by atoms with Gasteiger partial charge in [0, 0.05) is 7.05 Å². The third-order valence-electron chi connectivity index (χ3n) is 2.15. The van der Waals surface area contributed by atoms with Crippen molar-refractivity contribution < 1.29 is 0 Å². The highest BCUT2D eigenvalue weighted by atomic mass is 15.7. The Bertz CT molecular complexity index is 92.5. The van der Waals surface area contributed by atoms with Gasteiger partial charge in [-0.15, -0.1) is 0 Å². The predicted molar refractivity (Wildman–Crippen MR) is 37.6 cm³/mol. The van der Waals surface area contributed by atoms with Crippen molar-refractivity contribution in [2.75, 3.05) is 14.1 Å². The van der Waals surface area contributed by atoms with Crippen molar-refractivity contribution in [1.29, 1.82) is 0 Å². The fraction of sp³-hybridized carbons (Fsp3) is 1.00. The second-order valence-electron chi connectivity index (χ2n) is 2.71. The van der Waals surface area contributed by atoms with E-state index in [-0.39, 0.29) is 0 Å². The first kappa shape index (κ1) is 6.99. The van der Waals surface area contributed by atoms with Crippen LogP contribution in [0.15, 0.2) is 0 Å². The molecule has 0 spiro atoms. The van der Waals surface area contributed by atoms with Crippen LogP contribution in [0.1, 0.15) is 13.8 Å². The van der Waals surface area contributed by atoms with Crippen LogP contribution in [0.4, 0.5) is 0 Å². The molecular formula is C6H15N3. The molecule has 0 radical (unpaired) electrons. The number of hydrazine groups is 1. The highest BCUT2D eigenvalue weighted by molar-refractivity contribution is 4.72. The Morgan fingerprint density at radius 1 is 1.22 bits per heavy atom. The number of rotatable bonds is 0. The van der Waals surface area contributed by atoms with E-state index in [9.17, 15) is 0 Å². The van der Waals surface area contributed by atoms with Crippen molar-refractivity contribution in [3.63, 3.8) is 0 Å². The summed E-state index contributed by atoms with van der Waals surface area (Å²) in [5.74, 6) is 0. The second kappa shape index (κ2) is 2.25. The minimum absolute atomic E-state index is 0.477. The van der Waals surface area contributed by atoms with Gasteiger partial charge in [-0.05, 0) is 20.9 Å². The Labute approximate surface area is 56.6 Å². The molecule has 0 aromatic heterocycles. The summed E-state index contributed by atoms with van der Waals surface area (Å²) >= 11 is 0. The molecular weight excluding hydrogens is 114 g/mol. The molecule has 0 aliphatic carbocycles. The summed E-state index contributed by atoms with van der Waals surface area (Å²) in [6.07, 6.45) is 0.991. The number of hydrogen-bond donors (Lipinski definition) is 1. The van der Waals surface area contributed by atoms with E-state index in [0.29, 0.717) is 12.3 Å². The fourth-order valence-electron chi connectivity index (χ4n) is 1.09. The van der Waals surface area contributed by atoms with Gasteiger partial charge < -0.3 is 0 Å². The molecule has 0 amide bonds. The van der Waals surface area contributed by atoms with Gasteiger partial charge in [0.2, 0.25) is 0 Å². The minimum Gasteiger partial charge on any atom is -0.274 e. The van der Waals surface area contributed by atoms with Gasteiger partial charge in [0.1, 0.15) is 0 Å². The average Bonchev–Trinajstić information content (AvgIpc) is 1.98. The highest BCUT2D eigenvalue weighted by Crippen LogP contribution is 2.09. The van der Waals surface area contributed by atoms with Crippen molar-refractivity contribution >= 4 is 0 Å². The van der Waals surface area contributed by atoms with E-state index in [2.05, 4.69) is 43.3 Å². The molecule has 1 N–H and O–H groups in total. The molecule has 9 heavy (non-hydrogen) atoms. The van der Waals surface area contributed by atoms with Crippen LogP contribution in [0.3, 0.4) is 0 Å². The van der Waals surface area contributed by atoms with Crippen molar-refractivity contribution in [2.24, 2.45) is 0 Å². The minimum atomic E-state index is 0.477. The van der Waals surface area contributed by atoms with Gasteiger partial charge >= 0.3 is 0 Å². The lowest BCUT2D eigenvalue weighted by Crippen LogP contribution is -2.33. The Morgan fingerprint density at radius 2 is 1.78 bits per heavy atom. The molecule has 1 aliphatic heterocycles. The third-order valence-corrected chi connectivity index (χ3v) is 2.15. The number of nitrogens with one attached hydrogen (secondary N) is 1. The molecule has 1 rings (SSSR count). The van der Waals surface area contributed by atoms with E-state index in [0.717, 1.165) is 0 Å². The monoisotopic (exact) mass is 129 g/mol. The second-order valence-corrected chi connectivity index (χ2v) is 2.71. The van der Waals surface area contributed by atoms with Crippen LogP contribution in [0.5, 0.6) is 0 Å². The molecule has 1 heterocycles. The quantitative estimate of drug-likeness (QED) is 0.499. The van der Waals surface area contributed by atoms with E-state index in [1.54, 1.807) is 0 Å². The summed E-state index contributed by atoms with van der Waals surface area (Å²) in [7, 11) is 4.18. The van der Waals surface area contributed by atoms with Gasteiger partial charge in [0.15, 0.2) is 0 Å². The molecule has 3 nitrogen and oxygen atoms in total. The first-order chi connectivity index (χ1) is 4.13. The Morgan fingerprint density at radius 3 is 1.89 bits per heavy atom. The zero-order valence-corrected chi connectivity index (χ0v) is 6.55. The SMILES string of the molecule is CC1NN(C)C(C)N1C. The summed E-state index contributed by atoms with van der Waals surface area (Å²) < 4.78 is 0. The molecule has 1 aliphatic rings. The van der Waals surface area contributed by atoms with E-state index < -0.39 is 0 Å².